The van der Waals surface area contributed by atoms with Crippen LogP contribution in [-0.4, -0.2) is 37.7 Å². The zero-order valence-corrected chi connectivity index (χ0v) is 24.3. The molecule has 0 radical (unpaired) electrons. The van der Waals surface area contributed by atoms with Crippen molar-refractivity contribution < 1.29 is 16.8 Å². The number of aromatic nitrogens is 3. The van der Waals surface area contributed by atoms with Gasteiger partial charge in [0.05, 0.1) is 26.2 Å². The lowest BCUT2D eigenvalue weighted by atomic mass is 10.1. The first-order valence-corrected chi connectivity index (χ1v) is 16.0. The van der Waals surface area contributed by atoms with Crippen molar-refractivity contribution in [3.8, 4) is 11.3 Å². The Morgan fingerprint density at radius 2 is 1.59 bits per heavy atom. The highest BCUT2D eigenvalue weighted by atomic mass is 79.9. The molecule has 0 unspecified atom stereocenters. The monoisotopic (exact) mass is 645 g/mol. The summed E-state index contributed by atoms with van der Waals surface area (Å²) in [6.07, 6.45) is 2.73. The summed E-state index contributed by atoms with van der Waals surface area (Å²) in [6, 6.07) is 21.3. The van der Waals surface area contributed by atoms with Crippen LogP contribution in [0.2, 0.25) is 5.02 Å². The molecule has 0 saturated heterocycles. The van der Waals surface area contributed by atoms with Crippen LogP contribution in [0.1, 0.15) is 5.56 Å². The number of halogens is 2. The summed E-state index contributed by atoms with van der Waals surface area (Å²) in [6.45, 7) is 0.429. The predicted molar refractivity (Wildman–Crippen MR) is 155 cm³/mol. The van der Waals surface area contributed by atoms with Crippen molar-refractivity contribution in [3.05, 3.63) is 100 Å². The molecule has 2 aromatic heterocycles. The first kappa shape index (κ1) is 27.1. The Bertz CT molecular complexity index is 1890. The number of hydrogen-bond acceptors (Lipinski definition) is 7. The Hall–Kier alpha value is -3.45. The zero-order chi connectivity index (χ0) is 27.8. The van der Waals surface area contributed by atoms with E-state index in [4.69, 9.17) is 16.6 Å². The van der Waals surface area contributed by atoms with Crippen LogP contribution in [0, 0.1) is 0 Å². The summed E-state index contributed by atoms with van der Waals surface area (Å²) in [5, 5.41) is 8.34. The van der Waals surface area contributed by atoms with Crippen LogP contribution < -0.4 is 10.0 Å². The van der Waals surface area contributed by atoms with Gasteiger partial charge < -0.3 is 5.32 Å². The fraction of sp³-hybridized carbons (Fsp3) is 0.0769. The maximum atomic E-state index is 12.8. The van der Waals surface area contributed by atoms with E-state index in [0.717, 1.165) is 21.9 Å². The van der Waals surface area contributed by atoms with E-state index in [1.165, 1.54) is 24.3 Å². The molecule has 9 nitrogen and oxygen atoms in total. The Morgan fingerprint density at radius 3 is 2.26 bits per heavy atom. The van der Waals surface area contributed by atoms with Crippen molar-refractivity contribution in [1.82, 2.24) is 14.6 Å². The number of sulfonamides is 1. The molecule has 200 valence electrons. The smallest absolute Gasteiger partial charge is 0.261 e. The van der Waals surface area contributed by atoms with Gasteiger partial charge in [-0.2, -0.15) is 9.61 Å². The van der Waals surface area contributed by atoms with Crippen LogP contribution in [0.25, 0.3) is 16.9 Å². The average Bonchev–Trinajstić information content (AvgIpc) is 3.28. The highest BCUT2D eigenvalue weighted by Crippen LogP contribution is 2.30. The summed E-state index contributed by atoms with van der Waals surface area (Å²) < 4.78 is 53.7. The molecule has 0 spiro atoms. The van der Waals surface area contributed by atoms with Crippen molar-refractivity contribution in [3.63, 3.8) is 0 Å². The van der Waals surface area contributed by atoms with Crippen LogP contribution in [0.15, 0.2) is 99.3 Å². The summed E-state index contributed by atoms with van der Waals surface area (Å²) in [7, 11) is -7.32. The van der Waals surface area contributed by atoms with Crippen LogP contribution in [0.3, 0.4) is 0 Å². The largest absolute Gasteiger partial charge is 0.366 e. The molecule has 2 heterocycles. The molecule has 3 aromatic carbocycles. The highest BCUT2D eigenvalue weighted by molar-refractivity contribution is 9.10. The number of nitrogens with one attached hydrogen (secondary N) is 2. The van der Waals surface area contributed by atoms with E-state index in [0.29, 0.717) is 34.4 Å². The first-order chi connectivity index (χ1) is 18.5. The van der Waals surface area contributed by atoms with Gasteiger partial charge in [-0.1, -0.05) is 41.9 Å². The van der Waals surface area contributed by atoms with Gasteiger partial charge in [0.1, 0.15) is 5.82 Å². The number of anilines is 2. The molecule has 0 aliphatic carbocycles. The van der Waals surface area contributed by atoms with Crippen molar-refractivity contribution in [1.29, 1.82) is 0 Å². The molecule has 0 aliphatic heterocycles. The predicted octanol–water partition coefficient (Wildman–Crippen LogP) is 5.63. The van der Waals surface area contributed by atoms with Gasteiger partial charge in [-0.25, -0.2) is 21.8 Å². The third kappa shape index (κ3) is 5.93. The van der Waals surface area contributed by atoms with Gasteiger partial charge in [0.25, 0.3) is 10.0 Å². The van der Waals surface area contributed by atoms with Crippen molar-refractivity contribution in [2.24, 2.45) is 0 Å². The second-order valence-electron chi connectivity index (χ2n) is 8.63. The van der Waals surface area contributed by atoms with Crippen molar-refractivity contribution >= 4 is 64.5 Å². The molecule has 0 aliphatic rings. The second-order valence-corrected chi connectivity index (χ2v) is 13.6. The van der Waals surface area contributed by atoms with Crippen LogP contribution in [0.5, 0.6) is 0 Å². The molecule has 39 heavy (non-hydrogen) atoms. The zero-order valence-electron chi connectivity index (χ0n) is 20.3. The van der Waals surface area contributed by atoms with E-state index >= 15 is 0 Å². The molecule has 0 atom stereocenters. The van der Waals surface area contributed by atoms with E-state index in [2.05, 4.69) is 31.1 Å². The molecule has 13 heteroatoms. The summed E-state index contributed by atoms with van der Waals surface area (Å²) >= 11 is 9.90. The van der Waals surface area contributed by atoms with E-state index in [9.17, 15) is 16.8 Å². The van der Waals surface area contributed by atoms with E-state index in [1.807, 2.05) is 30.3 Å². The number of nitrogens with zero attached hydrogens (tertiary/aromatic N) is 3. The minimum absolute atomic E-state index is 0.0398. The molecule has 2 N–H and O–H groups in total. The summed E-state index contributed by atoms with van der Waals surface area (Å²) in [5.74, 6) is 0.697. The van der Waals surface area contributed by atoms with Gasteiger partial charge in [-0.3, -0.25) is 4.72 Å². The van der Waals surface area contributed by atoms with E-state index in [1.54, 1.807) is 35.0 Å². The summed E-state index contributed by atoms with van der Waals surface area (Å²) in [4.78, 5) is 4.71. The minimum atomic E-state index is -3.89. The fourth-order valence-electron chi connectivity index (χ4n) is 3.83. The summed E-state index contributed by atoms with van der Waals surface area (Å²) in [5.41, 5.74) is 3.37. The van der Waals surface area contributed by atoms with Crippen LogP contribution in [0.4, 0.5) is 11.5 Å². The number of benzene rings is 3. The third-order valence-electron chi connectivity index (χ3n) is 5.82. The number of hydrogen-bond donors (Lipinski definition) is 2. The quantitative estimate of drug-likeness (QED) is 0.224. The SMILES string of the molecule is CS(=O)(=O)c1ccc(S(=O)(=O)Nc2ccc(CNc3cc(-c4ccccc4Cl)nc4c(Br)cnn34)cc2)cc1. The second kappa shape index (κ2) is 10.6. The maximum Gasteiger partial charge on any atom is 0.261 e. The highest BCUT2D eigenvalue weighted by Gasteiger charge is 2.16. The lowest BCUT2D eigenvalue weighted by Gasteiger charge is -2.12. The van der Waals surface area contributed by atoms with E-state index in [-0.39, 0.29) is 9.79 Å². The van der Waals surface area contributed by atoms with Gasteiger partial charge in [0.15, 0.2) is 15.5 Å². The van der Waals surface area contributed by atoms with Gasteiger partial charge in [0.2, 0.25) is 0 Å². The van der Waals surface area contributed by atoms with Crippen LogP contribution in [-0.2, 0) is 26.4 Å². The minimum Gasteiger partial charge on any atom is -0.366 e. The van der Waals surface area contributed by atoms with Crippen molar-refractivity contribution in [2.75, 3.05) is 16.3 Å². The van der Waals surface area contributed by atoms with E-state index < -0.39 is 19.9 Å². The fourth-order valence-corrected chi connectivity index (χ4v) is 6.10. The van der Waals surface area contributed by atoms with Gasteiger partial charge in [0, 0.05) is 35.1 Å². The standard InChI is InChI=1S/C26H21BrClN5O4S2/c1-38(34,35)19-10-12-20(13-11-19)39(36,37)32-18-8-6-17(7-9-18)15-29-25-14-24(21-4-2-3-5-23(21)28)31-26-22(27)16-30-33(25)26/h2-14,16,29,32H,15H2,1H3. The molecule has 0 bridgehead atoms. The Kier molecular flexibility index (Phi) is 7.38. The molecular formula is C26H21BrClN5O4S2. The third-order valence-corrected chi connectivity index (χ3v) is 9.24. The van der Waals surface area contributed by atoms with Crippen LogP contribution >= 0.6 is 27.5 Å². The molecule has 5 aromatic rings. The topological polar surface area (TPSA) is 123 Å². The Morgan fingerprint density at radius 1 is 0.923 bits per heavy atom. The number of rotatable bonds is 8. The van der Waals surface area contributed by atoms with Gasteiger partial charge in [-0.15, -0.1) is 0 Å². The molecule has 5 rings (SSSR count). The number of sulfone groups is 1. The lowest BCUT2D eigenvalue weighted by Crippen LogP contribution is -2.13. The molecule has 0 fully saturated rings. The lowest BCUT2D eigenvalue weighted by molar-refractivity contribution is 0.597. The van der Waals surface area contributed by atoms with Gasteiger partial charge in [-0.05, 0) is 64.0 Å². The normalized spacial score (nSPS) is 12.0. The Balaban J connectivity index is 1.33. The average molecular weight is 647 g/mol. The maximum absolute atomic E-state index is 12.8. The molecular weight excluding hydrogens is 626 g/mol. The Labute approximate surface area is 239 Å². The van der Waals surface area contributed by atoms with Gasteiger partial charge >= 0.3 is 0 Å². The first-order valence-electron chi connectivity index (χ1n) is 11.5. The van der Waals surface area contributed by atoms with Crippen molar-refractivity contribution in [2.45, 2.75) is 16.3 Å². The molecule has 0 amide bonds. The number of fused-ring (bicyclic) bond motifs is 1. The molecule has 0 saturated carbocycles.